The van der Waals surface area contributed by atoms with Crippen molar-refractivity contribution in [2.75, 3.05) is 19.8 Å². The number of nitrogens with one attached hydrogen (secondary N) is 1. The predicted molar refractivity (Wildman–Crippen MR) is 64.1 cm³/mol. The maximum Gasteiger partial charge on any atom is 0.221 e. The Morgan fingerprint density at radius 3 is 2.75 bits per heavy atom. The number of nitrogens with two attached hydrogens (primary N) is 1. The molecule has 0 aromatic rings. The van der Waals surface area contributed by atoms with Gasteiger partial charge in [-0.2, -0.15) is 0 Å². The molecule has 4 heteroatoms. The monoisotopic (exact) mass is 228 g/mol. The molecule has 1 amide bonds. The summed E-state index contributed by atoms with van der Waals surface area (Å²) < 4.78 is 5.35. The Morgan fingerprint density at radius 2 is 2.19 bits per heavy atom. The van der Waals surface area contributed by atoms with E-state index in [2.05, 4.69) is 12.2 Å². The first kappa shape index (κ1) is 13.5. The second-order valence-corrected chi connectivity index (χ2v) is 4.71. The van der Waals surface area contributed by atoms with Crippen LogP contribution in [0.2, 0.25) is 0 Å². The number of unbranched alkanes of at least 4 members (excludes halogenated alkanes) is 1. The van der Waals surface area contributed by atoms with Crippen LogP contribution >= 0.6 is 0 Å². The number of ether oxygens (including phenoxy) is 1. The third kappa shape index (κ3) is 4.94. The summed E-state index contributed by atoms with van der Waals surface area (Å²) in [5.41, 5.74) is 5.77. The number of hydrogen-bond donors (Lipinski definition) is 2. The molecule has 0 spiro atoms. The van der Waals surface area contributed by atoms with Gasteiger partial charge in [-0.15, -0.1) is 0 Å². The van der Waals surface area contributed by atoms with Crippen LogP contribution in [0.15, 0.2) is 0 Å². The zero-order chi connectivity index (χ0) is 11.9. The zero-order valence-electron chi connectivity index (χ0n) is 10.3. The van der Waals surface area contributed by atoms with Crippen LogP contribution in [0.5, 0.6) is 0 Å². The molecule has 1 fully saturated rings. The molecule has 1 aliphatic carbocycles. The van der Waals surface area contributed by atoms with Crippen LogP contribution in [0.1, 0.15) is 45.4 Å². The van der Waals surface area contributed by atoms with Gasteiger partial charge < -0.3 is 15.8 Å². The van der Waals surface area contributed by atoms with Crippen molar-refractivity contribution >= 4 is 5.91 Å². The van der Waals surface area contributed by atoms with Crippen LogP contribution in [0.25, 0.3) is 0 Å². The molecule has 0 aliphatic heterocycles. The highest BCUT2D eigenvalue weighted by Gasteiger charge is 2.34. The van der Waals surface area contributed by atoms with Crippen LogP contribution in [-0.2, 0) is 9.53 Å². The van der Waals surface area contributed by atoms with Gasteiger partial charge in [-0.1, -0.05) is 13.3 Å². The Kier molecular flexibility index (Phi) is 5.77. The summed E-state index contributed by atoms with van der Waals surface area (Å²) >= 11 is 0. The molecule has 0 aromatic heterocycles. The molecule has 1 rings (SSSR count). The van der Waals surface area contributed by atoms with Gasteiger partial charge in [-0.25, -0.2) is 0 Å². The molecule has 0 bridgehead atoms. The van der Waals surface area contributed by atoms with Gasteiger partial charge in [-0.05, 0) is 25.7 Å². The van der Waals surface area contributed by atoms with Gasteiger partial charge in [0.05, 0.1) is 6.61 Å². The number of rotatable bonds is 8. The van der Waals surface area contributed by atoms with Crippen LogP contribution in [0.3, 0.4) is 0 Å². The molecule has 0 radical (unpaired) electrons. The molecule has 16 heavy (non-hydrogen) atoms. The summed E-state index contributed by atoms with van der Waals surface area (Å²) in [5.74, 6) is 0.0568. The smallest absolute Gasteiger partial charge is 0.221 e. The first-order valence-electron chi connectivity index (χ1n) is 6.30. The summed E-state index contributed by atoms with van der Waals surface area (Å²) in [5, 5.41) is 2.84. The first-order valence-corrected chi connectivity index (χ1v) is 6.30. The lowest BCUT2D eigenvalue weighted by molar-refractivity contribution is -0.123. The van der Waals surface area contributed by atoms with Crippen molar-refractivity contribution in [1.82, 2.24) is 5.32 Å². The van der Waals surface area contributed by atoms with Gasteiger partial charge in [0.15, 0.2) is 0 Å². The minimum atomic E-state index is -0.215. The van der Waals surface area contributed by atoms with Crippen molar-refractivity contribution in [3.05, 3.63) is 0 Å². The van der Waals surface area contributed by atoms with Crippen LogP contribution in [0, 0.1) is 0 Å². The standard InChI is InChI=1S/C12H24N2O2/c1-2-3-8-16-9-7-14-11(15)10-12(13)5-4-6-12/h2-10,13H2,1H3,(H,14,15). The third-order valence-electron chi connectivity index (χ3n) is 3.07. The molecule has 0 unspecified atom stereocenters. The van der Waals surface area contributed by atoms with E-state index in [1.165, 1.54) is 0 Å². The van der Waals surface area contributed by atoms with Gasteiger partial charge in [0.1, 0.15) is 0 Å². The predicted octanol–water partition coefficient (Wildman–Crippen LogP) is 1.19. The van der Waals surface area contributed by atoms with E-state index in [0.29, 0.717) is 19.6 Å². The first-order chi connectivity index (χ1) is 7.66. The molecular formula is C12H24N2O2. The molecule has 1 saturated carbocycles. The molecule has 1 aliphatic rings. The largest absolute Gasteiger partial charge is 0.380 e. The molecule has 0 heterocycles. The van der Waals surface area contributed by atoms with Crippen LogP contribution < -0.4 is 11.1 Å². The summed E-state index contributed by atoms with van der Waals surface area (Å²) in [6.45, 7) is 4.11. The average molecular weight is 228 g/mol. The highest BCUT2D eigenvalue weighted by atomic mass is 16.5. The number of amides is 1. The molecule has 0 saturated heterocycles. The Morgan fingerprint density at radius 1 is 1.44 bits per heavy atom. The quantitative estimate of drug-likeness (QED) is 0.613. The van der Waals surface area contributed by atoms with Gasteiger partial charge in [0.2, 0.25) is 5.91 Å². The molecule has 94 valence electrons. The molecule has 4 nitrogen and oxygen atoms in total. The van der Waals surface area contributed by atoms with Crippen molar-refractivity contribution in [1.29, 1.82) is 0 Å². The summed E-state index contributed by atoms with van der Waals surface area (Å²) in [7, 11) is 0. The SMILES string of the molecule is CCCCOCCNC(=O)CC1(N)CCC1. The highest BCUT2D eigenvalue weighted by molar-refractivity contribution is 5.77. The normalized spacial score (nSPS) is 17.9. The highest BCUT2D eigenvalue weighted by Crippen LogP contribution is 2.31. The van der Waals surface area contributed by atoms with Crippen molar-refractivity contribution in [3.8, 4) is 0 Å². The van der Waals surface area contributed by atoms with E-state index in [-0.39, 0.29) is 11.4 Å². The van der Waals surface area contributed by atoms with Crippen LogP contribution in [-0.4, -0.2) is 31.2 Å². The van der Waals surface area contributed by atoms with Crippen molar-refractivity contribution in [3.63, 3.8) is 0 Å². The van der Waals surface area contributed by atoms with E-state index < -0.39 is 0 Å². The number of carbonyl (C=O) groups excluding carboxylic acids is 1. The molecule has 3 N–H and O–H groups in total. The number of hydrogen-bond acceptors (Lipinski definition) is 3. The Hall–Kier alpha value is -0.610. The Bertz CT molecular complexity index is 215. The summed E-state index contributed by atoms with van der Waals surface area (Å²) in [6, 6.07) is 0. The van der Waals surface area contributed by atoms with Gasteiger partial charge >= 0.3 is 0 Å². The van der Waals surface area contributed by atoms with E-state index in [0.717, 1.165) is 38.7 Å². The van der Waals surface area contributed by atoms with Gasteiger partial charge in [-0.3, -0.25) is 4.79 Å². The Labute approximate surface area is 97.9 Å². The molecular weight excluding hydrogens is 204 g/mol. The summed E-state index contributed by atoms with van der Waals surface area (Å²) in [6.07, 6.45) is 5.80. The van der Waals surface area contributed by atoms with E-state index in [9.17, 15) is 4.79 Å². The van der Waals surface area contributed by atoms with Gasteiger partial charge in [0.25, 0.3) is 0 Å². The van der Waals surface area contributed by atoms with Crippen molar-refractivity contribution in [2.24, 2.45) is 5.73 Å². The lowest BCUT2D eigenvalue weighted by Gasteiger charge is -2.37. The summed E-state index contributed by atoms with van der Waals surface area (Å²) in [4.78, 5) is 11.5. The van der Waals surface area contributed by atoms with E-state index in [1.807, 2.05) is 0 Å². The third-order valence-corrected chi connectivity index (χ3v) is 3.07. The minimum absolute atomic E-state index is 0.0568. The second kappa shape index (κ2) is 6.86. The zero-order valence-corrected chi connectivity index (χ0v) is 10.3. The van der Waals surface area contributed by atoms with Crippen LogP contribution in [0.4, 0.5) is 0 Å². The van der Waals surface area contributed by atoms with Gasteiger partial charge in [0, 0.05) is 25.1 Å². The fraction of sp³-hybridized carbons (Fsp3) is 0.917. The lowest BCUT2D eigenvalue weighted by Crippen LogP contribution is -2.50. The number of carbonyl (C=O) groups is 1. The molecule has 0 atom stereocenters. The fourth-order valence-corrected chi connectivity index (χ4v) is 1.80. The fourth-order valence-electron chi connectivity index (χ4n) is 1.80. The maximum atomic E-state index is 11.5. The lowest BCUT2D eigenvalue weighted by atomic mass is 9.75. The average Bonchev–Trinajstić information content (AvgIpc) is 2.21. The van der Waals surface area contributed by atoms with Crippen molar-refractivity contribution in [2.45, 2.75) is 51.0 Å². The maximum absolute atomic E-state index is 11.5. The van der Waals surface area contributed by atoms with E-state index in [1.54, 1.807) is 0 Å². The van der Waals surface area contributed by atoms with E-state index >= 15 is 0 Å². The van der Waals surface area contributed by atoms with E-state index in [4.69, 9.17) is 10.5 Å². The van der Waals surface area contributed by atoms with Crippen molar-refractivity contribution < 1.29 is 9.53 Å². The minimum Gasteiger partial charge on any atom is -0.380 e. The topological polar surface area (TPSA) is 64.3 Å². The molecule has 0 aromatic carbocycles. The Balaban J connectivity index is 1.94. The second-order valence-electron chi connectivity index (χ2n) is 4.71.